The van der Waals surface area contributed by atoms with E-state index in [1.165, 1.54) is 12.1 Å². The second-order valence-corrected chi connectivity index (χ2v) is 8.15. The third-order valence-electron chi connectivity index (χ3n) is 5.56. The van der Waals surface area contributed by atoms with Crippen LogP contribution in [0.4, 0.5) is 0 Å². The van der Waals surface area contributed by atoms with Gasteiger partial charge >= 0.3 is 11.6 Å². The lowest BCUT2D eigenvalue weighted by atomic mass is 10.1. The molecule has 1 N–H and O–H groups in total. The summed E-state index contributed by atoms with van der Waals surface area (Å²) in [7, 11) is 0. The summed E-state index contributed by atoms with van der Waals surface area (Å²) < 4.78 is 16.1. The molecule has 35 heavy (non-hydrogen) atoms. The van der Waals surface area contributed by atoms with Crippen LogP contribution < -0.4 is 20.4 Å². The Balaban J connectivity index is 1.37. The minimum Gasteiger partial charge on any atom is -0.482 e. The second kappa shape index (κ2) is 10.7. The Morgan fingerprint density at radius 1 is 0.886 bits per heavy atom. The van der Waals surface area contributed by atoms with E-state index in [9.17, 15) is 14.4 Å². The Bertz CT molecular complexity index is 1420. The first kappa shape index (κ1) is 23.8. The van der Waals surface area contributed by atoms with Gasteiger partial charge in [-0.3, -0.25) is 4.79 Å². The number of aryl methyl sites for hydroxylation is 2. The fourth-order valence-electron chi connectivity index (χ4n) is 3.48. The number of nitrogens with one attached hydrogen (secondary N) is 1. The summed E-state index contributed by atoms with van der Waals surface area (Å²) in [6.07, 6.45) is 0.646. The van der Waals surface area contributed by atoms with Gasteiger partial charge in [-0.25, -0.2) is 9.59 Å². The first-order valence-electron chi connectivity index (χ1n) is 11.2. The van der Waals surface area contributed by atoms with E-state index >= 15 is 0 Å². The van der Waals surface area contributed by atoms with Gasteiger partial charge in [0.2, 0.25) is 0 Å². The van der Waals surface area contributed by atoms with E-state index in [2.05, 4.69) is 5.32 Å². The largest absolute Gasteiger partial charge is 0.482 e. The summed E-state index contributed by atoms with van der Waals surface area (Å²) in [5.41, 5.74) is 2.62. The van der Waals surface area contributed by atoms with Crippen molar-refractivity contribution >= 4 is 22.8 Å². The molecule has 4 rings (SSSR count). The molecule has 0 unspecified atom stereocenters. The van der Waals surface area contributed by atoms with E-state index in [1.54, 1.807) is 18.2 Å². The minimum atomic E-state index is -0.767. The van der Waals surface area contributed by atoms with Crippen molar-refractivity contribution in [3.05, 3.63) is 105 Å². The van der Waals surface area contributed by atoms with E-state index in [4.69, 9.17) is 13.9 Å². The number of carbonyl (C=O) groups excluding carboxylic acids is 2. The SMILES string of the molecule is Cc1ccc(OCC(=O)Oc2ccc3cc(C(=O)NCCc4ccccc4)c(=O)oc3c2)cc1C. The van der Waals surface area contributed by atoms with Crippen LogP contribution >= 0.6 is 0 Å². The summed E-state index contributed by atoms with van der Waals surface area (Å²) in [6, 6.07) is 21.4. The highest BCUT2D eigenvalue weighted by Crippen LogP contribution is 2.21. The van der Waals surface area contributed by atoms with Gasteiger partial charge in [-0.15, -0.1) is 0 Å². The molecule has 0 saturated carbocycles. The molecule has 0 spiro atoms. The van der Waals surface area contributed by atoms with Crippen LogP contribution in [-0.2, 0) is 11.2 Å². The van der Waals surface area contributed by atoms with E-state index in [0.29, 0.717) is 24.1 Å². The van der Waals surface area contributed by atoms with Gasteiger partial charge in [-0.1, -0.05) is 36.4 Å². The van der Waals surface area contributed by atoms with Gasteiger partial charge in [0.25, 0.3) is 5.91 Å². The number of hydrogen-bond acceptors (Lipinski definition) is 6. The predicted octanol–water partition coefficient (Wildman–Crippen LogP) is 4.37. The lowest BCUT2D eigenvalue weighted by Gasteiger charge is -2.09. The van der Waals surface area contributed by atoms with Crippen LogP contribution in [0.3, 0.4) is 0 Å². The molecule has 0 fully saturated rings. The maximum absolute atomic E-state index is 12.5. The summed E-state index contributed by atoms with van der Waals surface area (Å²) >= 11 is 0. The first-order chi connectivity index (χ1) is 16.9. The van der Waals surface area contributed by atoms with Crippen molar-refractivity contribution < 1.29 is 23.5 Å². The smallest absolute Gasteiger partial charge is 0.349 e. The van der Waals surface area contributed by atoms with Gasteiger partial charge < -0.3 is 19.2 Å². The zero-order chi connectivity index (χ0) is 24.8. The van der Waals surface area contributed by atoms with Crippen molar-refractivity contribution in [2.45, 2.75) is 20.3 Å². The summed E-state index contributed by atoms with van der Waals surface area (Å²) in [4.78, 5) is 37.1. The van der Waals surface area contributed by atoms with Crippen LogP contribution in [0.15, 0.2) is 82.0 Å². The molecule has 1 aromatic heterocycles. The van der Waals surface area contributed by atoms with E-state index in [-0.39, 0.29) is 23.5 Å². The van der Waals surface area contributed by atoms with Gasteiger partial charge in [0.1, 0.15) is 22.6 Å². The van der Waals surface area contributed by atoms with E-state index in [0.717, 1.165) is 16.7 Å². The Morgan fingerprint density at radius 3 is 2.43 bits per heavy atom. The van der Waals surface area contributed by atoms with Crippen LogP contribution in [-0.4, -0.2) is 25.0 Å². The third-order valence-corrected chi connectivity index (χ3v) is 5.56. The number of ether oxygens (including phenoxy) is 2. The first-order valence-corrected chi connectivity index (χ1v) is 11.2. The molecule has 0 aliphatic heterocycles. The van der Waals surface area contributed by atoms with Crippen molar-refractivity contribution in [1.29, 1.82) is 0 Å². The van der Waals surface area contributed by atoms with Crippen LogP contribution in [0.2, 0.25) is 0 Å². The molecule has 7 nitrogen and oxygen atoms in total. The van der Waals surface area contributed by atoms with Crippen molar-refractivity contribution in [2.75, 3.05) is 13.2 Å². The number of benzene rings is 3. The maximum atomic E-state index is 12.5. The molecule has 178 valence electrons. The van der Waals surface area contributed by atoms with Gasteiger partial charge in [0.05, 0.1) is 0 Å². The van der Waals surface area contributed by atoms with Crippen molar-refractivity contribution in [2.24, 2.45) is 0 Å². The van der Waals surface area contributed by atoms with E-state index < -0.39 is 17.5 Å². The lowest BCUT2D eigenvalue weighted by molar-refractivity contribution is -0.136. The Hall–Kier alpha value is -4.39. The van der Waals surface area contributed by atoms with Gasteiger partial charge in [-0.2, -0.15) is 0 Å². The standard InChI is InChI=1S/C28H25NO6/c1-18-8-10-22(14-19(18)2)33-17-26(30)34-23-11-9-21-15-24(28(32)35-25(21)16-23)27(31)29-13-12-20-6-4-3-5-7-20/h3-11,14-16H,12-13,17H2,1-2H3,(H,29,31). The molecule has 0 aliphatic rings. The highest BCUT2D eigenvalue weighted by Gasteiger charge is 2.15. The summed E-state index contributed by atoms with van der Waals surface area (Å²) in [6.45, 7) is 4.07. The average Bonchev–Trinajstić information content (AvgIpc) is 2.85. The normalized spacial score (nSPS) is 10.7. The summed E-state index contributed by atoms with van der Waals surface area (Å²) in [5.74, 6) is -0.326. The topological polar surface area (TPSA) is 94.8 Å². The third kappa shape index (κ3) is 6.14. The van der Waals surface area contributed by atoms with Crippen LogP contribution in [0, 0.1) is 13.8 Å². The number of amides is 1. The lowest BCUT2D eigenvalue weighted by Crippen LogP contribution is -2.29. The predicted molar refractivity (Wildman–Crippen MR) is 132 cm³/mol. The Morgan fingerprint density at radius 2 is 1.66 bits per heavy atom. The monoisotopic (exact) mass is 471 g/mol. The number of esters is 1. The minimum absolute atomic E-state index is 0.0860. The molecule has 7 heteroatoms. The zero-order valence-corrected chi connectivity index (χ0v) is 19.5. The van der Waals surface area contributed by atoms with Gasteiger partial charge in [0.15, 0.2) is 6.61 Å². The maximum Gasteiger partial charge on any atom is 0.349 e. The molecule has 0 aliphatic carbocycles. The quantitative estimate of drug-likeness (QED) is 0.233. The molecule has 1 heterocycles. The van der Waals surface area contributed by atoms with E-state index in [1.807, 2.05) is 56.3 Å². The fourth-order valence-corrected chi connectivity index (χ4v) is 3.48. The van der Waals surface area contributed by atoms with Gasteiger partial charge in [-0.05, 0) is 67.3 Å². The number of hydrogen-bond donors (Lipinski definition) is 1. The average molecular weight is 472 g/mol. The highest BCUT2D eigenvalue weighted by atomic mass is 16.6. The number of carbonyl (C=O) groups is 2. The number of fused-ring (bicyclic) bond motifs is 1. The molecular weight excluding hydrogens is 446 g/mol. The van der Waals surface area contributed by atoms with Crippen LogP contribution in [0.5, 0.6) is 11.5 Å². The van der Waals surface area contributed by atoms with Crippen LogP contribution in [0.25, 0.3) is 11.0 Å². The fraction of sp³-hybridized carbons (Fsp3) is 0.179. The molecule has 3 aromatic carbocycles. The molecule has 4 aromatic rings. The molecule has 1 amide bonds. The number of rotatable bonds is 8. The van der Waals surface area contributed by atoms with Crippen molar-refractivity contribution in [1.82, 2.24) is 5.32 Å². The molecule has 0 bridgehead atoms. The summed E-state index contributed by atoms with van der Waals surface area (Å²) in [5, 5.41) is 3.27. The molecular formula is C28H25NO6. The van der Waals surface area contributed by atoms with Crippen molar-refractivity contribution in [3.8, 4) is 11.5 Å². The molecule has 0 radical (unpaired) electrons. The van der Waals surface area contributed by atoms with Gasteiger partial charge in [0, 0.05) is 18.0 Å². The van der Waals surface area contributed by atoms with Crippen LogP contribution in [0.1, 0.15) is 27.0 Å². The second-order valence-electron chi connectivity index (χ2n) is 8.15. The molecule has 0 atom stereocenters. The molecule has 0 saturated heterocycles. The Labute approximate surface area is 202 Å². The Kier molecular flexibility index (Phi) is 7.26. The van der Waals surface area contributed by atoms with Crippen molar-refractivity contribution in [3.63, 3.8) is 0 Å². The zero-order valence-electron chi connectivity index (χ0n) is 19.5. The highest BCUT2D eigenvalue weighted by molar-refractivity contribution is 5.96.